The van der Waals surface area contributed by atoms with E-state index in [1.807, 2.05) is 12.1 Å². The molecule has 1 saturated heterocycles. The molecule has 0 aromatic heterocycles. The highest BCUT2D eigenvalue weighted by atomic mass is 35.5. The maximum absolute atomic E-state index is 13.5. The minimum atomic E-state index is -1.03. The molecule has 0 unspecified atom stereocenters. The SMILES string of the molecule is O=C(O)[C@@H]1CC[C@H](c2ccccc2Cl)N1C(=O)c1ccc(-c2cccc(F)c2)cc1. The maximum Gasteiger partial charge on any atom is 0.326 e. The molecule has 152 valence electrons. The van der Waals surface area contributed by atoms with Crippen LogP contribution in [0.5, 0.6) is 0 Å². The maximum atomic E-state index is 13.5. The van der Waals surface area contributed by atoms with E-state index in [1.54, 1.807) is 48.5 Å². The zero-order chi connectivity index (χ0) is 21.3. The van der Waals surface area contributed by atoms with E-state index in [-0.39, 0.29) is 11.7 Å². The molecule has 0 saturated carbocycles. The molecule has 0 bridgehead atoms. The average Bonchev–Trinajstić information content (AvgIpc) is 3.19. The second kappa shape index (κ2) is 8.28. The normalized spacial score (nSPS) is 18.4. The number of rotatable bonds is 4. The van der Waals surface area contributed by atoms with Crippen LogP contribution >= 0.6 is 11.6 Å². The largest absolute Gasteiger partial charge is 0.480 e. The molecule has 4 nitrogen and oxygen atoms in total. The Hall–Kier alpha value is -3.18. The minimum Gasteiger partial charge on any atom is -0.480 e. The highest BCUT2D eigenvalue weighted by Crippen LogP contribution is 2.40. The average molecular weight is 424 g/mol. The van der Waals surface area contributed by atoms with Crippen molar-refractivity contribution in [3.05, 3.63) is 94.8 Å². The Labute approximate surface area is 178 Å². The number of halogens is 2. The molecule has 1 aliphatic rings. The summed E-state index contributed by atoms with van der Waals surface area (Å²) >= 11 is 6.33. The van der Waals surface area contributed by atoms with Crippen LogP contribution in [-0.4, -0.2) is 27.9 Å². The number of aliphatic carboxylic acids is 1. The zero-order valence-corrected chi connectivity index (χ0v) is 16.7. The molecule has 1 amide bonds. The number of hydrogen-bond donors (Lipinski definition) is 1. The molecule has 1 N–H and O–H groups in total. The molecule has 0 aliphatic carbocycles. The quantitative estimate of drug-likeness (QED) is 0.596. The molecular formula is C24H19ClFNO3. The molecular weight excluding hydrogens is 405 g/mol. The van der Waals surface area contributed by atoms with Crippen molar-refractivity contribution in [2.75, 3.05) is 0 Å². The van der Waals surface area contributed by atoms with Crippen LogP contribution in [0.4, 0.5) is 4.39 Å². The lowest BCUT2D eigenvalue weighted by atomic mass is 10.0. The van der Waals surface area contributed by atoms with Gasteiger partial charge in [-0.05, 0) is 59.9 Å². The van der Waals surface area contributed by atoms with E-state index >= 15 is 0 Å². The predicted octanol–water partition coefficient (Wildman–Crippen LogP) is 5.58. The van der Waals surface area contributed by atoms with Crippen LogP contribution < -0.4 is 0 Å². The highest BCUT2D eigenvalue weighted by Gasteiger charge is 2.42. The van der Waals surface area contributed by atoms with Crippen molar-refractivity contribution in [3.8, 4) is 11.1 Å². The molecule has 1 heterocycles. The van der Waals surface area contributed by atoms with Gasteiger partial charge in [0, 0.05) is 10.6 Å². The Morgan fingerprint density at radius 1 is 0.933 bits per heavy atom. The smallest absolute Gasteiger partial charge is 0.326 e. The summed E-state index contributed by atoms with van der Waals surface area (Å²) < 4.78 is 13.5. The van der Waals surface area contributed by atoms with Crippen molar-refractivity contribution >= 4 is 23.5 Å². The lowest BCUT2D eigenvalue weighted by Crippen LogP contribution is -2.41. The first-order chi connectivity index (χ1) is 14.5. The van der Waals surface area contributed by atoms with Gasteiger partial charge in [-0.3, -0.25) is 4.79 Å². The van der Waals surface area contributed by atoms with Crippen molar-refractivity contribution in [2.45, 2.75) is 24.9 Å². The van der Waals surface area contributed by atoms with Gasteiger partial charge in [0.05, 0.1) is 6.04 Å². The van der Waals surface area contributed by atoms with Gasteiger partial charge in [-0.15, -0.1) is 0 Å². The van der Waals surface area contributed by atoms with Crippen LogP contribution in [0.1, 0.15) is 34.8 Å². The van der Waals surface area contributed by atoms with Gasteiger partial charge in [-0.2, -0.15) is 0 Å². The van der Waals surface area contributed by atoms with Gasteiger partial charge in [0.2, 0.25) is 0 Å². The summed E-state index contributed by atoms with van der Waals surface area (Å²) in [4.78, 5) is 26.6. The number of amides is 1. The number of benzene rings is 3. The molecule has 1 fully saturated rings. The molecule has 3 aromatic rings. The minimum absolute atomic E-state index is 0.336. The number of carbonyl (C=O) groups is 2. The van der Waals surface area contributed by atoms with Gasteiger partial charge in [0.15, 0.2) is 0 Å². The van der Waals surface area contributed by atoms with E-state index in [0.29, 0.717) is 29.0 Å². The molecule has 1 aliphatic heterocycles. The summed E-state index contributed by atoms with van der Waals surface area (Å²) in [5.41, 5.74) is 2.59. The molecule has 2 atom stereocenters. The van der Waals surface area contributed by atoms with Crippen molar-refractivity contribution in [2.24, 2.45) is 0 Å². The van der Waals surface area contributed by atoms with Crippen LogP contribution in [0.2, 0.25) is 5.02 Å². The summed E-state index contributed by atoms with van der Waals surface area (Å²) in [7, 11) is 0. The number of carbonyl (C=O) groups excluding carboxylic acids is 1. The fraction of sp³-hybridized carbons (Fsp3) is 0.167. The van der Waals surface area contributed by atoms with Gasteiger partial charge < -0.3 is 10.0 Å². The Balaban J connectivity index is 1.66. The third-order valence-corrected chi connectivity index (χ3v) is 5.80. The first-order valence-electron chi connectivity index (χ1n) is 9.61. The number of hydrogen-bond acceptors (Lipinski definition) is 2. The third kappa shape index (κ3) is 3.81. The first-order valence-corrected chi connectivity index (χ1v) is 9.99. The van der Waals surface area contributed by atoms with E-state index in [4.69, 9.17) is 11.6 Å². The molecule has 6 heteroatoms. The van der Waals surface area contributed by atoms with Crippen molar-refractivity contribution in [3.63, 3.8) is 0 Å². The van der Waals surface area contributed by atoms with Crippen molar-refractivity contribution < 1.29 is 19.1 Å². The topological polar surface area (TPSA) is 57.6 Å². The van der Waals surface area contributed by atoms with Gasteiger partial charge in [0.1, 0.15) is 11.9 Å². The second-order valence-corrected chi connectivity index (χ2v) is 7.68. The summed E-state index contributed by atoms with van der Waals surface area (Å²) in [5.74, 6) is -1.73. The van der Waals surface area contributed by atoms with E-state index in [9.17, 15) is 19.1 Å². The van der Waals surface area contributed by atoms with Crippen LogP contribution in [0.15, 0.2) is 72.8 Å². The number of likely N-dealkylation sites (tertiary alicyclic amines) is 1. The van der Waals surface area contributed by atoms with Gasteiger partial charge in [-0.1, -0.05) is 54.1 Å². The van der Waals surface area contributed by atoms with E-state index in [0.717, 1.165) is 11.1 Å². The van der Waals surface area contributed by atoms with E-state index in [1.165, 1.54) is 17.0 Å². The molecule has 30 heavy (non-hydrogen) atoms. The molecule has 0 spiro atoms. The van der Waals surface area contributed by atoms with Gasteiger partial charge in [0.25, 0.3) is 5.91 Å². The predicted molar refractivity (Wildman–Crippen MR) is 113 cm³/mol. The van der Waals surface area contributed by atoms with Crippen LogP contribution in [0.25, 0.3) is 11.1 Å². The zero-order valence-electron chi connectivity index (χ0n) is 16.0. The summed E-state index contributed by atoms with van der Waals surface area (Å²) in [6.45, 7) is 0. The number of carboxylic acid groups (broad SMARTS) is 1. The van der Waals surface area contributed by atoms with E-state index in [2.05, 4.69) is 0 Å². The van der Waals surface area contributed by atoms with Crippen molar-refractivity contribution in [1.29, 1.82) is 0 Å². The Morgan fingerprint density at radius 2 is 1.67 bits per heavy atom. The first kappa shape index (κ1) is 20.1. The lowest BCUT2D eigenvalue weighted by molar-refractivity contribution is -0.141. The monoisotopic (exact) mass is 423 g/mol. The fourth-order valence-corrected chi connectivity index (χ4v) is 4.27. The Morgan fingerprint density at radius 3 is 2.33 bits per heavy atom. The molecule has 4 rings (SSSR count). The third-order valence-electron chi connectivity index (χ3n) is 5.46. The Kier molecular flexibility index (Phi) is 5.55. The molecule has 0 radical (unpaired) electrons. The van der Waals surface area contributed by atoms with Gasteiger partial charge in [-0.25, -0.2) is 9.18 Å². The summed E-state index contributed by atoms with van der Waals surface area (Å²) in [6, 6.07) is 18.8. The standard InChI is InChI=1S/C24H19ClFNO3/c25-20-7-2-1-6-19(20)21-12-13-22(24(29)30)27(21)23(28)16-10-8-15(9-11-16)17-4-3-5-18(26)14-17/h1-11,14,21-22H,12-13H2,(H,29,30)/t21-,22+/m1/s1. The summed E-state index contributed by atoms with van der Waals surface area (Å²) in [5, 5.41) is 10.2. The second-order valence-electron chi connectivity index (χ2n) is 7.27. The van der Waals surface area contributed by atoms with Crippen molar-refractivity contribution in [1.82, 2.24) is 4.90 Å². The number of carboxylic acids is 1. The van der Waals surface area contributed by atoms with Crippen LogP contribution in [0.3, 0.4) is 0 Å². The summed E-state index contributed by atoms with van der Waals surface area (Å²) in [6.07, 6.45) is 0.881. The molecule has 3 aromatic carbocycles. The highest BCUT2D eigenvalue weighted by molar-refractivity contribution is 6.31. The van der Waals surface area contributed by atoms with Crippen LogP contribution in [0, 0.1) is 5.82 Å². The number of nitrogens with zero attached hydrogens (tertiary/aromatic N) is 1. The van der Waals surface area contributed by atoms with Crippen LogP contribution in [-0.2, 0) is 4.79 Å². The van der Waals surface area contributed by atoms with E-state index < -0.39 is 18.1 Å². The lowest BCUT2D eigenvalue weighted by Gasteiger charge is -2.29. The van der Waals surface area contributed by atoms with Gasteiger partial charge >= 0.3 is 5.97 Å². The Bertz CT molecular complexity index is 1100. The fourth-order valence-electron chi connectivity index (χ4n) is 4.01.